The van der Waals surface area contributed by atoms with Crippen molar-refractivity contribution in [1.29, 1.82) is 0 Å². The summed E-state index contributed by atoms with van der Waals surface area (Å²) in [6.45, 7) is 0. The molecule has 2 N–H and O–H groups in total. The van der Waals surface area contributed by atoms with Crippen LogP contribution in [0.4, 0.5) is 0 Å². The fraction of sp³-hybridized carbons (Fsp3) is 0. The van der Waals surface area contributed by atoms with Gasteiger partial charge in [0.15, 0.2) is 17.1 Å². The summed E-state index contributed by atoms with van der Waals surface area (Å²) >= 11 is 0. The van der Waals surface area contributed by atoms with Gasteiger partial charge in [0, 0.05) is 5.39 Å². The van der Waals surface area contributed by atoms with Gasteiger partial charge in [-0.1, -0.05) is 12.1 Å². The highest BCUT2D eigenvalue weighted by Gasteiger charge is 2.19. The molecule has 0 spiro atoms. The number of fused-ring (bicyclic) bond motifs is 5. The van der Waals surface area contributed by atoms with E-state index in [2.05, 4.69) is 0 Å². The lowest BCUT2D eigenvalue weighted by atomic mass is 10.1. The topological polar surface area (TPSA) is 101 Å². The minimum Gasteiger partial charge on any atom is -0.504 e. The van der Waals surface area contributed by atoms with Crippen LogP contribution in [-0.4, -0.2) is 10.2 Å². The molecule has 2 aromatic carbocycles. The second-order valence-corrected chi connectivity index (χ2v) is 4.84. The van der Waals surface area contributed by atoms with Gasteiger partial charge >= 0.3 is 11.3 Å². The van der Waals surface area contributed by atoms with Gasteiger partial charge in [0.1, 0.15) is 16.4 Å². The van der Waals surface area contributed by atoms with Gasteiger partial charge in [0.25, 0.3) is 0 Å². The van der Waals surface area contributed by atoms with Crippen molar-refractivity contribution in [3.8, 4) is 11.5 Å². The van der Waals surface area contributed by atoms with E-state index in [1.807, 2.05) is 0 Å². The van der Waals surface area contributed by atoms with E-state index >= 15 is 0 Å². The Kier molecular flexibility index (Phi) is 2.33. The van der Waals surface area contributed by atoms with Gasteiger partial charge < -0.3 is 19.0 Å². The smallest absolute Gasteiger partial charge is 0.348 e. The lowest BCUT2D eigenvalue weighted by Crippen LogP contribution is -2.07. The van der Waals surface area contributed by atoms with E-state index < -0.39 is 22.8 Å². The quantitative estimate of drug-likeness (QED) is 0.294. The largest absolute Gasteiger partial charge is 0.504 e. The van der Waals surface area contributed by atoms with Gasteiger partial charge in [-0.3, -0.25) is 0 Å². The molecule has 4 rings (SSSR count). The van der Waals surface area contributed by atoms with Crippen molar-refractivity contribution in [1.82, 2.24) is 0 Å². The Bertz CT molecular complexity index is 1180. The molecule has 0 unspecified atom stereocenters. The number of hydrogen-bond donors (Lipinski definition) is 2. The van der Waals surface area contributed by atoms with Gasteiger partial charge in [-0.2, -0.15) is 0 Å². The molecule has 0 aliphatic heterocycles. The van der Waals surface area contributed by atoms with Gasteiger partial charge in [-0.25, -0.2) is 9.59 Å². The van der Waals surface area contributed by atoms with Crippen LogP contribution in [0.3, 0.4) is 0 Å². The van der Waals surface area contributed by atoms with Crippen LogP contribution >= 0.6 is 0 Å². The standard InChI is InChI=1S/C16H8O6/c17-9-6-5-8-11(13(9)18)15(19)22-14-7-3-1-2-4-10(7)21-16(20)12(8)14/h1-6,17-18H. The Hall–Kier alpha value is -3.28. The molecule has 108 valence electrons. The Morgan fingerprint density at radius 1 is 0.773 bits per heavy atom. The summed E-state index contributed by atoms with van der Waals surface area (Å²) in [5.74, 6) is -1.09. The number of benzene rings is 2. The highest BCUT2D eigenvalue weighted by atomic mass is 16.4. The van der Waals surface area contributed by atoms with E-state index in [0.29, 0.717) is 11.0 Å². The first-order chi connectivity index (χ1) is 10.6. The molecule has 6 heteroatoms. The Morgan fingerprint density at radius 3 is 2.32 bits per heavy atom. The molecule has 0 atom stereocenters. The monoisotopic (exact) mass is 296 g/mol. The molecule has 0 saturated heterocycles. The van der Waals surface area contributed by atoms with Crippen molar-refractivity contribution < 1.29 is 19.0 Å². The molecule has 0 amide bonds. The van der Waals surface area contributed by atoms with Crippen molar-refractivity contribution in [3.63, 3.8) is 0 Å². The molecule has 0 saturated carbocycles. The highest BCUT2D eigenvalue weighted by Crippen LogP contribution is 2.35. The van der Waals surface area contributed by atoms with Crippen LogP contribution in [0, 0.1) is 0 Å². The van der Waals surface area contributed by atoms with Crippen LogP contribution in [0.1, 0.15) is 0 Å². The number of para-hydroxylation sites is 1. The maximum absolute atomic E-state index is 12.2. The Labute approximate surface area is 121 Å². The minimum absolute atomic E-state index is 0.0450. The maximum atomic E-state index is 12.2. The van der Waals surface area contributed by atoms with Crippen molar-refractivity contribution in [2.75, 3.05) is 0 Å². The zero-order valence-corrected chi connectivity index (χ0v) is 11.0. The van der Waals surface area contributed by atoms with Crippen LogP contribution < -0.4 is 11.3 Å². The van der Waals surface area contributed by atoms with E-state index in [4.69, 9.17) is 8.83 Å². The second-order valence-electron chi connectivity index (χ2n) is 4.84. The SMILES string of the molecule is O=c1oc2c3ccccc3oc(=O)c2c2ccc(O)c(O)c12. The average Bonchev–Trinajstić information content (AvgIpc) is 2.50. The van der Waals surface area contributed by atoms with Gasteiger partial charge in [-0.05, 0) is 24.3 Å². The van der Waals surface area contributed by atoms with Crippen LogP contribution in [0.25, 0.3) is 32.7 Å². The lowest BCUT2D eigenvalue weighted by Gasteiger charge is -2.06. The van der Waals surface area contributed by atoms with Crippen molar-refractivity contribution >= 4 is 32.7 Å². The summed E-state index contributed by atoms with van der Waals surface area (Å²) in [6, 6.07) is 9.24. The second kappa shape index (κ2) is 4.11. The molecule has 2 aromatic heterocycles. The first-order valence-electron chi connectivity index (χ1n) is 6.41. The van der Waals surface area contributed by atoms with E-state index in [9.17, 15) is 19.8 Å². The van der Waals surface area contributed by atoms with Crippen LogP contribution in [0.2, 0.25) is 0 Å². The van der Waals surface area contributed by atoms with Gasteiger partial charge in [0.05, 0.1) is 5.39 Å². The number of phenolic OH excluding ortho intramolecular Hbond substituents is 2. The maximum Gasteiger partial charge on any atom is 0.348 e. The molecule has 0 aliphatic rings. The van der Waals surface area contributed by atoms with Crippen molar-refractivity contribution in [2.24, 2.45) is 0 Å². The fourth-order valence-corrected chi connectivity index (χ4v) is 2.60. The number of rotatable bonds is 0. The molecule has 4 aromatic rings. The molecule has 0 fully saturated rings. The number of phenols is 2. The molecule has 22 heavy (non-hydrogen) atoms. The van der Waals surface area contributed by atoms with Crippen LogP contribution in [0.15, 0.2) is 54.8 Å². The predicted molar refractivity (Wildman–Crippen MR) is 79.4 cm³/mol. The third-order valence-electron chi connectivity index (χ3n) is 3.59. The first-order valence-corrected chi connectivity index (χ1v) is 6.41. The van der Waals surface area contributed by atoms with Crippen LogP contribution in [0.5, 0.6) is 11.5 Å². The van der Waals surface area contributed by atoms with Crippen LogP contribution in [-0.2, 0) is 0 Å². The van der Waals surface area contributed by atoms with Crippen molar-refractivity contribution in [3.05, 3.63) is 57.2 Å². The normalized spacial score (nSPS) is 11.5. The van der Waals surface area contributed by atoms with E-state index in [1.165, 1.54) is 12.1 Å². The Morgan fingerprint density at radius 2 is 1.50 bits per heavy atom. The third-order valence-corrected chi connectivity index (χ3v) is 3.59. The minimum atomic E-state index is -0.841. The van der Waals surface area contributed by atoms with E-state index in [-0.39, 0.29) is 21.7 Å². The fourth-order valence-electron chi connectivity index (χ4n) is 2.60. The lowest BCUT2D eigenvalue weighted by molar-refractivity contribution is 0.406. The third kappa shape index (κ3) is 1.49. The molecule has 0 aliphatic carbocycles. The molecular weight excluding hydrogens is 288 g/mol. The predicted octanol–water partition coefficient (Wildman–Crippen LogP) is 2.46. The summed E-state index contributed by atoms with van der Waals surface area (Å²) in [5, 5.41) is 19.8. The summed E-state index contributed by atoms with van der Waals surface area (Å²) in [7, 11) is 0. The highest BCUT2D eigenvalue weighted by molar-refractivity contribution is 6.13. The number of aromatic hydroxyl groups is 2. The zero-order valence-electron chi connectivity index (χ0n) is 11.0. The summed E-state index contributed by atoms with van der Waals surface area (Å²) in [6.07, 6.45) is 0. The van der Waals surface area contributed by atoms with Gasteiger partial charge in [-0.15, -0.1) is 0 Å². The van der Waals surface area contributed by atoms with E-state index in [0.717, 1.165) is 0 Å². The summed E-state index contributed by atoms with van der Waals surface area (Å²) < 4.78 is 10.4. The molecule has 6 nitrogen and oxygen atoms in total. The summed E-state index contributed by atoms with van der Waals surface area (Å²) in [4.78, 5) is 24.4. The number of hydrogen-bond acceptors (Lipinski definition) is 6. The first kappa shape index (κ1) is 12.5. The summed E-state index contributed by atoms with van der Waals surface area (Å²) in [5.41, 5.74) is -1.14. The van der Waals surface area contributed by atoms with Gasteiger partial charge in [0.2, 0.25) is 0 Å². The Balaban J connectivity index is 2.42. The van der Waals surface area contributed by atoms with E-state index in [1.54, 1.807) is 24.3 Å². The zero-order chi connectivity index (χ0) is 15.4. The molecule has 0 radical (unpaired) electrons. The molecule has 0 bridgehead atoms. The molecule has 2 heterocycles. The van der Waals surface area contributed by atoms with Crippen molar-refractivity contribution in [2.45, 2.75) is 0 Å². The average molecular weight is 296 g/mol. The molecular formula is C16H8O6.